The second kappa shape index (κ2) is 4.87. The van der Waals surface area contributed by atoms with E-state index in [1.165, 1.54) is 5.56 Å². The van der Waals surface area contributed by atoms with E-state index in [1.54, 1.807) is 0 Å². The molecule has 0 radical (unpaired) electrons. The third-order valence-corrected chi connectivity index (χ3v) is 2.83. The fourth-order valence-corrected chi connectivity index (χ4v) is 1.76. The van der Waals surface area contributed by atoms with E-state index in [4.69, 9.17) is 5.73 Å². The Balaban J connectivity index is 2.14. The molecule has 0 spiro atoms. The molecule has 0 bridgehead atoms. The highest BCUT2D eigenvalue weighted by molar-refractivity contribution is 5.76. The molecule has 1 atom stereocenters. The summed E-state index contributed by atoms with van der Waals surface area (Å²) in [6.45, 7) is 2.46. The monoisotopic (exact) mass is 228 g/mol. The van der Waals surface area contributed by atoms with Gasteiger partial charge < -0.3 is 10.3 Å². The van der Waals surface area contributed by atoms with Crippen molar-refractivity contribution in [1.82, 2.24) is 4.57 Å². The lowest BCUT2D eigenvalue weighted by Crippen LogP contribution is -2.24. The van der Waals surface area contributed by atoms with Crippen LogP contribution in [0, 0.1) is 5.92 Å². The summed E-state index contributed by atoms with van der Waals surface area (Å²) in [5, 5.41) is 0. The van der Waals surface area contributed by atoms with Gasteiger partial charge in [0.25, 0.3) is 0 Å². The van der Waals surface area contributed by atoms with Gasteiger partial charge in [0.15, 0.2) is 0 Å². The Kier molecular flexibility index (Phi) is 3.28. The molecule has 3 nitrogen and oxygen atoms in total. The normalized spacial score (nSPS) is 12.3. The van der Waals surface area contributed by atoms with E-state index in [0.29, 0.717) is 6.54 Å². The first-order valence-electron chi connectivity index (χ1n) is 5.67. The highest BCUT2D eigenvalue weighted by atomic mass is 16.1. The van der Waals surface area contributed by atoms with E-state index in [1.807, 2.05) is 48.1 Å². The SMILES string of the molecule is CC(Cn1ccc(-c2ccccc2)c1)C(N)=O. The number of hydrogen-bond acceptors (Lipinski definition) is 1. The summed E-state index contributed by atoms with van der Waals surface area (Å²) < 4.78 is 2.00. The molecule has 0 saturated carbocycles. The number of nitrogens with two attached hydrogens (primary N) is 1. The molecule has 0 aliphatic carbocycles. The van der Waals surface area contributed by atoms with Crippen molar-refractivity contribution in [1.29, 1.82) is 0 Å². The topological polar surface area (TPSA) is 48.0 Å². The molecule has 0 saturated heterocycles. The summed E-state index contributed by atoms with van der Waals surface area (Å²) in [5.74, 6) is -0.411. The van der Waals surface area contributed by atoms with Crippen LogP contribution >= 0.6 is 0 Å². The van der Waals surface area contributed by atoms with Gasteiger partial charge in [-0.1, -0.05) is 37.3 Å². The predicted molar refractivity (Wildman–Crippen MR) is 68.2 cm³/mol. The van der Waals surface area contributed by atoms with Crippen molar-refractivity contribution >= 4 is 5.91 Å². The molecule has 0 fully saturated rings. The first-order valence-corrected chi connectivity index (χ1v) is 5.67. The molecule has 2 rings (SSSR count). The molecule has 1 amide bonds. The Morgan fingerprint density at radius 1 is 1.24 bits per heavy atom. The third-order valence-electron chi connectivity index (χ3n) is 2.83. The molecule has 0 aliphatic rings. The van der Waals surface area contributed by atoms with Gasteiger partial charge in [-0.2, -0.15) is 0 Å². The van der Waals surface area contributed by atoms with Crippen LogP contribution in [0.25, 0.3) is 11.1 Å². The molecule has 0 aliphatic heterocycles. The number of hydrogen-bond donors (Lipinski definition) is 1. The van der Waals surface area contributed by atoms with Crippen molar-refractivity contribution in [2.75, 3.05) is 0 Å². The summed E-state index contributed by atoms with van der Waals surface area (Å²) in [6.07, 6.45) is 4.01. The van der Waals surface area contributed by atoms with Crippen LogP contribution in [0.5, 0.6) is 0 Å². The molecule has 3 heteroatoms. The Morgan fingerprint density at radius 2 is 1.94 bits per heavy atom. The zero-order chi connectivity index (χ0) is 12.3. The van der Waals surface area contributed by atoms with Crippen molar-refractivity contribution in [3.8, 4) is 11.1 Å². The predicted octanol–water partition coefficient (Wildman–Crippen LogP) is 2.28. The van der Waals surface area contributed by atoms with E-state index in [-0.39, 0.29) is 11.8 Å². The molecule has 1 heterocycles. The average Bonchev–Trinajstić information content (AvgIpc) is 2.78. The zero-order valence-corrected chi connectivity index (χ0v) is 9.84. The second-order valence-electron chi connectivity index (χ2n) is 4.27. The first-order chi connectivity index (χ1) is 8.16. The smallest absolute Gasteiger partial charge is 0.222 e. The van der Waals surface area contributed by atoms with Crippen LogP contribution in [0.3, 0.4) is 0 Å². The number of benzene rings is 1. The summed E-state index contributed by atoms with van der Waals surface area (Å²) in [5.41, 5.74) is 7.58. The molecule has 88 valence electrons. The van der Waals surface area contributed by atoms with Crippen LogP contribution in [-0.4, -0.2) is 10.5 Å². The number of primary amides is 1. The van der Waals surface area contributed by atoms with Gasteiger partial charge >= 0.3 is 0 Å². The van der Waals surface area contributed by atoms with Crippen LogP contribution in [0.15, 0.2) is 48.8 Å². The molecule has 1 aromatic heterocycles. The Labute approximate surface area is 101 Å². The molecule has 17 heavy (non-hydrogen) atoms. The summed E-state index contributed by atoms with van der Waals surface area (Å²) in [7, 11) is 0. The van der Waals surface area contributed by atoms with Gasteiger partial charge in [-0.05, 0) is 17.2 Å². The maximum atomic E-state index is 11.0. The standard InChI is InChI=1S/C14H16N2O/c1-11(14(15)17)9-16-8-7-13(10-16)12-5-3-2-4-6-12/h2-8,10-11H,9H2,1H3,(H2,15,17). The van der Waals surface area contributed by atoms with Crippen molar-refractivity contribution < 1.29 is 4.79 Å². The third kappa shape index (κ3) is 2.75. The van der Waals surface area contributed by atoms with Gasteiger partial charge in [0.05, 0.1) is 5.92 Å². The summed E-state index contributed by atoms with van der Waals surface area (Å²) in [6, 6.07) is 12.2. The van der Waals surface area contributed by atoms with Crippen LogP contribution in [0.2, 0.25) is 0 Å². The fourth-order valence-electron chi connectivity index (χ4n) is 1.76. The number of carbonyl (C=O) groups excluding carboxylic acids is 1. The van der Waals surface area contributed by atoms with E-state index in [9.17, 15) is 4.79 Å². The number of rotatable bonds is 4. The van der Waals surface area contributed by atoms with Crippen molar-refractivity contribution in [3.63, 3.8) is 0 Å². The van der Waals surface area contributed by atoms with E-state index >= 15 is 0 Å². The van der Waals surface area contributed by atoms with Crippen molar-refractivity contribution in [3.05, 3.63) is 48.8 Å². The van der Waals surface area contributed by atoms with Gasteiger partial charge in [0.1, 0.15) is 0 Å². The number of nitrogens with zero attached hydrogens (tertiary/aromatic N) is 1. The number of carbonyl (C=O) groups is 1. The lowest BCUT2D eigenvalue weighted by Gasteiger charge is -2.07. The minimum Gasteiger partial charge on any atom is -0.369 e. The van der Waals surface area contributed by atoms with E-state index in [2.05, 4.69) is 12.1 Å². The van der Waals surface area contributed by atoms with Crippen LogP contribution in [-0.2, 0) is 11.3 Å². The quantitative estimate of drug-likeness (QED) is 0.857. The Morgan fingerprint density at radius 3 is 2.59 bits per heavy atom. The Bertz CT molecular complexity index is 502. The average molecular weight is 228 g/mol. The second-order valence-corrected chi connectivity index (χ2v) is 4.27. The van der Waals surface area contributed by atoms with Gasteiger partial charge in [-0.25, -0.2) is 0 Å². The Hall–Kier alpha value is -2.03. The van der Waals surface area contributed by atoms with Crippen LogP contribution < -0.4 is 5.73 Å². The van der Waals surface area contributed by atoms with Crippen molar-refractivity contribution in [2.45, 2.75) is 13.5 Å². The van der Waals surface area contributed by atoms with Crippen LogP contribution in [0.4, 0.5) is 0 Å². The van der Waals surface area contributed by atoms with Gasteiger partial charge in [-0.15, -0.1) is 0 Å². The molecular weight excluding hydrogens is 212 g/mol. The minimum atomic E-state index is -0.264. The zero-order valence-electron chi connectivity index (χ0n) is 9.84. The van der Waals surface area contributed by atoms with Crippen LogP contribution in [0.1, 0.15) is 6.92 Å². The van der Waals surface area contributed by atoms with Gasteiger partial charge in [-0.3, -0.25) is 4.79 Å². The molecule has 2 N–H and O–H groups in total. The highest BCUT2D eigenvalue weighted by Gasteiger charge is 2.09. The van der Waals surface area contributed by atoms with E-state index in [0.717, 1.165) is 5.56 Å². The lowest BCUT2D eigenvalue weighted by molar-refractivity contribution is -0.121. The highest BCUT2D eigenvalue weighted by Crippen LogP contribution is 2.19. The maximum absolute atomic E-state index is 11.0. The molecule has 2 aromatic rings. The van der Waals surface area contributed by atoms with E-state index < -0.39 is 0 Å². The lowest BCUT2D eigenvalue weighted by atomic mass is 10.1. The maximum Gasteiger partial charge on any atom is 0.222 e. The summed E-state index contributed by atoms with van der Waals surface area (Å²) >= 11 is 0. The number of aromatic nitrogens is 1. The minimum absolute atomic E-state index is 0.147. The van der Waals surface area contributed by atoms with Gasteiger partial charge in [0, 0.05) is 18.9 Å². The summed E-state index contributed by atoms with van der Waals surface area (Å²) in [4.78, 5) is 11.0. The number of amides is 1. The molecular formula is C14H16N2O. The first kappa shape index (κ1) is 11.5. The fraction of sp³-hybridized carbons (Fsp3) is 0.214. The van der Waals surface area contributed by atoms with Gasteiger partial charge in [0.2, 0.25) is 5.91 Å². The van der Waals surface area contributed by atoms with Crippen molar-refractivity contribution in [2.24, 2.45) is 11.7 Å². The largest absolute Gasteiger partial charge is 0.369 e. The molecule has 1 aromatic carbocycles. The molecule has 1 unspecified atom stereocenters.